The van der Waals surface area contributed by atoms with E-state index in [9.17, 15) is 14.0 Å². The number of hydrogen-bond acceptors (Lipinski definition) is 3. The fourth-order valence-corrected chi connectivity index (χ4v) is 2.74. The van der Waals surface area contributed by atoms with Crippen LogP contribution in [0.5, 0.6) is 5.75 Å². The van der Waals surface area contributed by atoms with E-state index in [0.29, 0.717) is 18.0 Å². The molecule has 0 radical (unpaired) electrons. The molecule has 138 valence electrons. The molecule has 1 atom stereocenters. The van der Waals surface area contributed by atoms with Gasteiger partial charge in [-0.3, -0.25) is 9.59 Å². The SMILES string of the molecule is CCN(C(=O)CC(NC(C)=O)c1ccc(OC)cc1)c1ccc(F)cc1. The molecule has 1 N–H and O–H groups in total. The molecule has 1 unspecified atom stereocenters. The quantitative estimate of drug-likeness (QED) is 0.825. The van der Waals surface area contributed by atoms with Crippen molar-refractivity contribution >= 4 is 17.5 Å². The highest BCUT2D eigenvalue weighted by molar-refractivity contribution is 5.94. The lowest BCUT2D eigenvalue weighted by molar-refractivity contribution is -0.121. The van der Waals surface area contributed by atoms with Crippen LogP contribution in [0.15, 0.2) is 48.5 Å². The number of methoxy groups -OCH3 is 1. The van der Waals surface area contributed by atoms with Crippen LogP contribution in [-0.4, -0.2) is 25.5 Å². The molecule has 0 bridgehead atoms. The van der Waals surface area contributed by atoms with Crippen LogP contribution < -0.4 is 15.0 Å². The molecule has 2 amide bonds. The minimum atomic E-state index is -0.458. The summed E-state index contributed by atoms with van der Waals surface area (Å²) < 4.78 is 18.3. The molecule has 0 aliphatic carbocycles. The molecule has 0 aliphatic heterocycles. The van der Waals surface area contributed by atoms with Gasteiger partial charge >= 0.3 is 0 Å². The van der Waals surface area contributed by atoms with E-state index in [4.69, 9.17) is 4.74 Å². The molecule has 0 heterocycles. The Balaban J connectivity index is 2.20. The van der Waals surface area contributed by atoms with E-state index < -0.39 is 6.04 Å². The van der Waals surface area contributed by atoms with Gasteiger partial charge in [0.05, 0.1) is 19.6 Å². The average Bonchev–Trinajstić information content (AvgIpc) is 2.63. The second-order valence-electron chi connectivity index (χ2n) is 5.84. The van der Waals surface area contributed by atoms with Gasteiger partial charge in [0.1, 0.15) is 11.6 Å². The van der Waals surface area contributed by atoms with Gasteiger partial charge in [0.25, 0.3) is 0 Å². The van der Waals surface area contributed by atoms with E-state index in [2.05, 4.69) is 5.32 Å². The van der Waals surface area contributed by atoms with Crippen molar-refractivity contribution < 1.29 is 18.7 Å². The zero-order chi connectivity index (χ0) is 19.1. The molecule has 0 saturated heterocycles. The second kappa shape index (κ2) is 8.99. The topological polar surface area (TPSA) is 58.6 Å². The normalized spacial score (nSPS) is 11.5. The lowest BCUT2D eigenvalue weighted by atomic mass is 10.0. The predicted molar refractivity (Wildman–Crippen MR) is 98.6 cm³/mol. The van der Waals surface area contributed by atoms with Gasteiger partial charge in [0.15, 0.2) is 0 Å². The van der Waals surface area contributed by atoms with Gasteiger partial charge in [-0.25, -0.2) is 4.39 Å². The molecular weight excluding hydrogens is 335 g/mol. The highest BCUT2D eigenvalue weighted by atomic mass is 19.1. The number of halogens is 1. The molecule has 0 fully saturated rings. The Morgan fingerprint density at radius 2 is 1.73 bits per heavy atom. The Labute approximate surface area is 152 Å². The monoisotopic (exact) mass is 358 g/mol. The Hall–Kier alpha value is -2.89. The first-order chi connectivity index (χ1) is 12.4. The first-order valence-corrected chi connectivity index (χ1v) is 8.41. The van der Waals surface area contributed by atoms with Crippen molar-refractivity contribution in [3.05, 3.63) is 59.9 Å². The van der Waals surface area contributed by atoms with Gasteiger partial charge in [-0.2, -0.15) is 0 Å². The van der Waals surface area contributed by atoms with Crippen LogP contribution in [0.1, 0.15) is 31.9 Å². The number of rotatable bonds is 7. The summed E-state index contributed by atoms with van der Waals surface area (Å²) in [5.41, 5.74) is 1.43. The maximum absolute atomic E-state index is 13.1. The molecule has 26 heavy (non-hydrogen) atoms. The second-order valence-corrected chi connectivity index (χ2v) is 5.84. The summed E-state index contributed by atoms with van der Waals surface area (Å²) in [7, 11) is 1.58. The number of hydrogen-bond donors (Lipinski definition) is 1. The zero-order valence-corrected chi connectivity index (χ0v) is 15.2. The highest BCUT2D eigenvalue weighted by Gasteiger charge is 2.21. The van der Waals surface area contributed by atoms with Crippen LogP contribution in [0, 0.1) is 5.82 Å². The Bertz CT molecular complexity index is 745. The maximum atomic E-state index is 13.1. The third-order valence-corrected chi connectivity index (χ3v) is 4.03. The number of carbonyl (C=O) groups is 2. The average molecular weight is 358 g/mol. The van der Waals surface area contributed by atoms with Gasteiger partial charge in [0.2, 0.25) is 11.8 Å². The summed E-state index contributed by atoms with van der Waals surface area (Å²) in [6, 6.07) is 12.5. The zero-order valence-electron chi connectivity index (χ0n) is 15.2. The largest absolute Gasteiger partial charge is 0.497 e. The van der Waals surface area contributed by atoms with Gasteiger partial charge in [-0.15, -0.1) is 0 Å². The molecule has 0 saturated carbocycles. The first-order valence-electron chi connectivity index (χ1n) is 8.41. The van der Waals surface area contributed by atoms with Crippen molar-refractivity contribution in [1.82, 2.24) is 5.32 Å². The summed E-state index contributed by atoms with van der Waals surface area (Å²) >= 11 is 0. The third kappa shape index (κ3) is 5.05. The van der Waals surface area contributed by atoms with Gasteiger partial charge in [-0.1, -0.05) is 12.1 Å². The van der Waals surface area contributed by atoms with E-state index in [1.165, 1.54) is 19.1 Å². The summed E-state index contributed by atoms with van der Waals surface area (Å²) in [5.74, 6) is -0.0353. The number of benzene rings is 2. The van der Waals surface area contributed by atoms with Crippen LogP contribution in [0.4, 0.5) is 10.1 Å². The van der Waals surface area contributed by atoms with Crippen LogP contribution in [0.3, 0.4) is 0 Å². The predicted octanol–water partition coefficient (Wildman–Crippen LogP) is 3.45. The van der Waals surface area contributed by atoms with Crippen LogP contribution in [-0.2, 0) is 9.59 Å². The lowest BCUT2D eigenvalue weighted by Gasteiger charge is -2.25. The molecule has 2 aromatic rings. The summed E-state index contributed by atoms with van der Waals surface area (Å²) in [6.45, 7) is 3.71. The molecule has 2 aromatic carbocycles. The summed E-state index contributed by atoms with van der Waals surface area (Å²) in [5, 5.41) is 2.82. The van der Waals surface area contributed by atoms with E-state index in [1.807, 2.05) is 19.1 Å². The van der Waals surface area contributed by atoms with E-state index in [0.717, 1.165) is 5.56 Å². The number of anilines is 1. The lowest BCUT2D eigenvalue weighted by Crippen LogP contribution is -2.35. The standard InChI is InChI=1S/C20H23FN2O3/c1-4-23(17-9-7-16(21)8-10-17)20(25)13-19(22-14(2)24)15-5-11-18(26-3)12-6-15/h5-12,19H,4,13H2,1-3H3,(H,22,24). The van der Waals surface area contributed by atoms with E-state index in [1.54, 1.807) is 36.3 Å². The first kappa shape index (κ1) is 19.4. The third-order valence-electron chi connectivity index (χ3n) is 4.03. The number of carbonyl (C=O) groups excluding carboxylic acids is 2. The van der Waals surface area contributed by atoms with Crippen LogP contribution in [0.2, 0.25) is 0 Å². The molecule has 0 aromatic heterocycles. The fourth-order valence-electron chi connectivity index (χ4n) is 2.74. The fraction of sp³-hybridized carbons (Fsp3) is 0.300. The minimum Gasteiger partial charge on any atom is -0.497 e. The van der Waals surface area contributed by atoms with Crippen molar-refractivity contribution in [2.75, 3.05) is 18.6 Å². The van der Waals surface area contributed by atoms with Crippen molar-refractivity contribution in [3.63, 3.8) is 0 Å². The Kier molecular flexibility index (Phi) is 6.72. The molecule has 6 heteroatoms. The van der Waals surface area contributed by atoms with Crippen molar-refractivity contribution in [3.8, 4) is 5.75 Å². The van der Waals surface area contributed by atoms with E-state index in [-0.39, 0.29) is 24.1 Å². The number of nitrogens with one attached hydrogen (secondary N) is 1. The molecular formula is C20H23FN2O3. The summed E-state index contributed by atoms with van der Waals surface area (Å²) in [6.07, 6.45) is 0.0944. The highest BCUT2D eigenvalue weighted by Crippen LogP contribution is 2.23. The number of nitrogens with zero attached hydrogens (tertiary/aromatic N) is 1. The van der Waals surface area contributed by atoms with E-state index >= 15 is 0 Å². The number of ether oxygens (including phenoxy) is 1. The molecule has 5 nitrogen and oxygen atoms in total. The van der Waals surface area contributed by atoms with Gasteiger partial charge in [-0.05, 0) is 48.9 Å². The van der Waals surface area contributed by atoms with Crippen molar-refractivity contribution in [2.24, 2.45) is 0 Å². The molecule has 0 aliphatic rings. The maximum Gasteiger partial charge on any atom is 0.229 e. The van der Waals surface area contributed by atoms with Gasteiger partial charge < -0.3 is 15.0 Å². The van der Waals surface area contributed by atoms with Crippen molar-refractivity contribution in [1.29, 1.82) is 0 Å². The Morgan fingerprint density at radius 1 is 1.12 bits per heavy atom. The smallest absolute Gasteiger partial charge is 0.229 e. The van der Waals surface area contributed by atoms with Crippen LogP contribution >= 0.6 is 0 Å². The van der Waals surface area contributed by atoms with Crippen molar-refractivity contribution in [2.45, 2.75) is 26.3 Å². The minimum absolute atomic E-state index is 0.0944. The van der Waals surface area contributed by atoms with Crippen LogP contribution in [0.25, 0.3) is 0 Å². The molecule has 0 spiro atoms. The number of amides is 2. The Morgan fingerprint density at radius 3 is 2.23 bits per heavy atom. The molecule has 2 rings (SSSR count). The van der Waals surface area contributed by atoms with Gasteiger partial charge in [0, 0.05) is 19.2 Å². The summed E-state index contributed by atoms with van der Waals surface area (Å²) in [4.78, 5) is 25.9.